The molecule has 3 heterocycles. The molecule has 1 aromatic heterocycles. The first-order chi connectivity index (χ1) is 14.6. The van der Waals surface area contributed by atoms with E-state index >= 15 is 0 Å². The molecule has 2 aliphatic heterocycles. The number of halogens is 1. The summed E-state index contributed by atoms with van der Waals surface area (Å²) in [6, 6.07) is -1.51. The molecule has 0 bridgehead atoms. The van der Waals surface area contributed by atoms with Gasteiger partial charge in [-0.15, -0.1) is 11.8 Å². The molecule has 0 saturated carbocycles. The standard InChI is InChI=1S/C19H23ClN4O6S/c1-5-12(24-9(3)13(20)8(2)22-24)16(26)21-14-17(27)23-15(19(28)29)11(6-30-10(4)25)7-31-18(14)23/h12,14,18H,5-7H2,1-4H3,(H,21,26)(H,28,29)/t12-,14+,18-/m1/s1. The van der Waals surface area contributed by atoms with Crippen molar-refractivity contribution in [2.45, 2.75) is 51.6 Å². The van der Waals surface area contributed by atoms with Crippen LogP contribution in [0, 0.1) is 13.8 Å². The molecule has 0 aliphatic carbocycles. The Morgan fingerprint density at radius 2 is 2.06 bits per heavy atom. The summed E-state index contributed by atoms with van der Waals surface area (Å²) in [5.74, 6) is -2.48. The van der Waals surface area contributed by atoms with Gasteiger partial charge in [0.1, 0.15) is 29.8 Å². The Balaban J connectivity index is 1.77. The molecule has 31 heavy (non-hydrogen) atoms. The zero-order valence-electron chi connectivity index (χ0n) is 17.5. The Bertz CT molecular complexity index is 990. The van der Waals surface area contributed by atoms with Gasteiger partial charge in [0, 0.05) is 18.2 Å². The average Bonchev–Trinajstić information content (AvgIpc) is 2.97. The van der Waals surface area contributed by atoms with Crippen LogP contribution in [-0.4, -0.2) is 67.3 Å². The number of amides is 2. The van der Waals surface area contributed by atoms with E-state index in [0.717, 1.165) is 4.90 Å². The van der Waals surface area contributed by atoms with Gasteiger partial charge in [-0.25, -0.2) is 4.79 Å². The van der Waals surface area contributed by atoms with E-state index in [2.05, 4.69) is 10.4 Å². The lowest BCUT2D eigenvalue weighted by Crippen LogP contribution is -2.71. The zero-order chi connectivity index (χ0) is 23.0. The van der Waals surface area contributed by atoms with Gasteiger partial charge in [-0.2, -0.15) is 5.10 Å². The number of β-lactam (4-membered cyclic amide) rings is 1. The van der Waals surface area contributed by atoms with E-state index in [1.165, 1.54) is 18.7 Å². The number of aliphatic carboxylic acids is 1. The van der Waals surface area contributed by atoms with Gasteiger partial charge in [-0.1, -0.05) is 18.5 Å². The Kier molecular flexibility index (Phi) is 6.65. The summed E-state index contributed by atoms with van der Waals surface area (Å²) in [6.07, 6.45) is 0.430. The van der Waals surface area contributed by atoms with Crippen molar-refractivity contribution in [3.63, 3.8) is 0 Å². The van der Waals surface area contributed by atoms with Gasteiger partial charge < -0.3 is 15.2 Å². The fraction of sp³-hybridized carbons (Fsp3) is 0.526. The van der Waals surface area contributed by atoms with E-state index in [1.807, 2.05) is 6.92 Å². The second-order valence-electron chi connectivity index (χ2n) is 7.29. The maximum atomic E-state index is 12.9. The summed E-state index contributed by atoms with van der Waals surface area (Å²) in [7, 11) is 0. The molecule has 1 aromatic rings. The zero-order valence-corrected chi connectivity index (χ0v) is 19.0. The smallest absolute Gasteiger partial charge is 0.352 e. The topological polar surface area (TPSA) is 131 Å². The van der Waals surface area contributed by atoms with Crippen LogP contribution in [0.5, 0.6) is 0 Å². The molecule has 10 nitrogen and oxygen atoms in total. The van der Waals surface area contributed by atoms with E-state index in [9.17, 15) is 24.3 Å². The predicted molar refractivity (Wildman–Crippen MR) is 112 cm³/mol. The molecule has 0 aromatic carbocycles. The highest BCUT2D eigenvalue weighted by atomic mass is 35.5. The number of rotatable bonds is 7. The lowest BCUT2D eigenvalue weighted by molar-refractivity contribution is -0.151. The molecular weight excluding hydrogens is 448 g/mol. The molecule has 2 aliphatic rings. The van der Waals surface area contributed by atoms with Crippen LogP contribution in [0.4, 0.5) is 0 Å². The molecule has 0 unspecified atom stereocenters. The maximum absolute atomic E-state index is 12.9. The van der Waals surface area contributed by atoms with Gasteiger partial charge in [0.05, 0.1) is 16.4 Å². The van der Waals surface area contributed by atoms with Crippen molar-refractivity contribution >= 4 is 47.1 Å². The SMILES string of the molecule is CC[C@H](C(=O)N[C@H]1C(=O)N2C(C(=O)O)=C(COC(C)=O)CS[C@H]12)n1nc(C)c(Cl)c1C. The summed E-state index contributed by atoms with van der Waals surface area (Å²) in [5.41, 5.74) is 1.40. The molecule has 0 radical (unpaired) electrons. The van der Waals surface area contributed by atoms with Gasteiger partial charge >= 0.3 is 11.9 Å². The number of carboxylic acid groups (broad SMARTS) is 1. The molecule has 3 rings (SSSR count). The van der Waals surface area contributed by atoms with E-state index < -0.39 is 41.2 Å². The summed E-state index contributed by atoms with van der Waals surface area (Å²) in [4.78, 5) is 49.7. The van der Waals surface area contributed by atoms with Crippen LogP contribution >= 0.6 is 23.4 Å². The van der Waals surface area contributed by atoms with Crippen molar-refractivity contribution in [3.8, 4) is 0 Å². The summed E-state index contributed by atoms with van der Waals surface area (Å²) >= 11 is 7.50. The van der Waals surface area contributed by atoms with Crippen molar-refractivity contribution in [3.05, 3.63) is 27.7 Å². The first-order valence-corrected chi connectivity index (χ1v) is 11.1. The highest BCUT2D eigenvalue weighted by molar-refractivity contribution is 8.00. The molecular formula is C19H23ClN4O6S. The number of aryl methyl sites for hydroxylation is 1. The van der Waals surface area contributed by atoms with E-state index in [1.54, 1.807) is 18.5 Å². The number of carboxylic acids is 1. The third-order valence-electron chi connectivity index (χ3n) is 5.22. The number of nitrogens with zero attached hydrogens (tertiary/aromatic N) is 3. The molecule has 168 valence electrons. The Hall–Kier alpha value is -2.53. The van der Waals surface area contributed by atoms with Crippen LogP contribution < -0.4 is 5.32 Å². The minimum absolute atomic E-state index is 0.196. The first kappa shape index (κ1) is 23.1. The van der Waals surface area contributed by atoms with Gasteiger partial charge in [0.25, 0.3) is 5.91 Å². The number of thioether (sulfide) groups is 1. The lowest BCUT2D eigenvalue weighted by Gasteiger charge is -2.49. The van der Waals surface area contributed by atoms with E-state index in [0.29, 0.717) is 28.4 Å². The van der Waals surface area contributed by atoms with E-state index in [-0.39, 0.29) is 18.1 Å². The Morgan fingerprint density at radius 3 is 2.58 bits per heavy atom. The van der Waals surface area contributed by atoms with Crippen molar-refractivity contribution in [2.75, 3.05) is 12.4 Å². The normalized spacial score (nSPS) is 21.3. The van der Waals surface area contributed by atoms with Crippen molar-refractivity contribution in [1.29, 1.82) is 0 Å². The number of hydrogen-bond donors (Lipinski definition) is 2. The van der Waals surface area contributed by atoms with Crippen LogP contribution in [0.2, 0.25) is 5.02 Å². The number of esters is 1. The van der Waals surface area contributed by atoms with Gasteiger partial charge in [-0.3, -0.25) is 24.0 Å². The quantitative estimate of drug-likeness (QED) is 0.451. The predicted octanol–water partition coefficient (Wildman–Crippen LogP) is 1.41. The minimum atomic E-state index is -1.28. The molecule has 1 saturated heterocycles. The van der Waals surface area contributed by atoms with Crippen LogP contribution in [0.15, 0.2) is 11.3 Å². The number of ether oxygens (including phenoxy) is 1. The molecule has 12 heteroatoms. The molecule has 0 spiro atoms. The molecule has 2 N–H and O–H groups in total. The fourth-order valence-electron chi connectivity index (χ4n) is 3.65. The molecule has 2 amide bonds. The number of aromatic nitrogens is 2. The van der Waals surface area contributed by atoms with Gasteiger partial charge in [0.15, 0.2) is 0 Å². The highest BCUT2D eigenvalue weighted by Crippen LogP contribution is 2.40. The third-order valence-corrected chi connectivity index (χ3v) is 7.11. The fourth-order valence-corrected chi connectivity index (χ4v) is 5.10. The number of carbonyl (C=O) groups is 4. The number of hydrogen-bond acceptors (Lipinski definition) is 7. The van der Waals surface area contributed by atoms with Crippen LogP contribution in [0.25, 0.3) is 0 Å². The van der Waals surface area contributed by atoms with Gasteiger partial charge in [-0.05, 0) is 20.3 Å². The second kappa shape index (κ2) is 8.91. The minimum Gasteiger partial charge on any atom is -0.477 e. The van der Waals surface area contributed by atoms with Gasteiger partial charge in [0.2, 0.25) is 5.91 Å². The average molecular weight is 471 g/mol. The van der Waals surface area contributed by atoms with Crippen LogP contribution in [-0.2, 0) is 23.9 Å². The van der Waals surface area contributed by atoms with Crippen molar-refractivity contribution < 1.29 is 29.0 Å². The lowest BCUT2D eigenvalue weighted by atomic mass is 10.0. The maximum Gasteiger partial charge on any atom is 0.352 e. The van der Waals surface area contributed by atoms with E-state index in [4.69, 9.17) is 16.3 Å². The molecule has 1 fully saturated rings. The van der Waals surface area contributed by atoms with Crippen LogP contribution in [0.1, 0.15) is 37.7 Å². The highest BCUT2D eigenvalue weighted by Gasteiger charge is 2.54. The number of fused-ring (bicyclic) bond motifs is 1. The summed E-state index contributed by atoms with van der Waals surface area (Å²) in [6.45, 7) is 6.36. The van der Waals surface area contributed by atoms with Crippen molar-refractivity contribution in [2.24, 2.45) is 0 Å². The second-order valence-corrected chi connectivity index (χ2v) is 8.77. The largest absolute Gasteiger partial charge is 0.477 e. The van der Waals surface area contributed by atoms with Crippen molar-refractivity contribution in [1.82, 2.24) is 20.0 Å². The Morgan fingerprint density at radius 1 is 1.39 bits per heavy atom. The summed E-state index contributed by atoms with van der Waals surface area (Å²) in [5, 5.41) is 16.6. The monoisotopic (exact) mass is 470 g/mol. The summed E-state index contributed by atoms with van der Waals surface area (Å²) < 4.78 is 6.46. The number of nitrogens with one attached hydrogen (secondary N) is 1. The molecule has 3 atom stereocenters. The first-order valence-electron chi connectivity index (χ1n) is 9.63. The Labute approximate surface area is 187 Å². The number of carbonyl (C=O) groups excluding carboxylic acids is 3. The van der Waals surface area contributed by atoms with Crippen LogP contribution in [0.3, 0.4) is 0 Å². The third kappa shape index (κ3) is 4.16.